The Morgan fingerprint density at radius 2 is 1.81 bits per heavy atom. The summed E-state index contributed by atoms with van der Waals surface area (Å²) in [6.07, 6.45) is 2.46. The van der Waals surface area contributed by atoms with Crippen LogP contribution in [0.2, 0.25) is 0 Å². The molecule has 0 aliphatic carbocycles. The standard InChI is InChI=1S/C25H35N5O2/c1-19-8-6-10-21(16-19)24(31)27-12-13-28-25(26-2)29-18-23(30-14-4-5-15-30)20-9-7-11-22(17-20)32-3/h6-11,16-17,23H,4-5,12-15,18H2,1-3H3,(H,27,31)(H2,26,28,29). The van der Waals surface area contributed by atoms with Gasteiger partial charge in [0.05, 0.1) is 13.2 Å². The molecule has 0 radical (unpaired) electrons. The van der Waals surface area contributed by atoms with Gasteiger partial charge in [0, 0.05) is 32.2 Å². The van der Waals surface area contributed by atoms with Gasteiger partial charge in [0.2, 0.25) is 0 Å². The van der Waals surface area contributed by atoms with Crippen molar-refractivity contribution in [2.45, 2.75) is 25.8 Å². The molecule has 172 valence electrons. The summed E-state index contributed by atoms with van der Waals surface area (Å²) in [5, 5.41) is 9.69. The number of rotatable bonds is 9. The van der Waals surface area contributed by atoms with Crippen molar-refractivity contribution in [1.82, 2.24) is 20.9 Å². The molecule has 1 atom stereocenters. The van der Waals surface area contributed by atoms with Gasteiger partial charge in [-0.15, -0.1) is 0 Å². The molecule has 1 saturated heterocycles. The largest absolute Gasteiger partial charge is 0.497 e. The van der Waals surface area contributed by atoms with E-state index in [0.29, 0.717) is 18.7 Å². The molecule has 0 spiro atoms. The van der Waals surface area contributed by atoms with E-state index in [1.54, 1.807) is 14.2 Å². The van der Waals surface area contributed by atoms with Crippen LogP contribution in [0.1, 0.15) is 40.4 Å². The van der Waals surface area contributed by atoms with Crippen LogP contribution in [-0.4, -0.2) is 63.6 Å². The lowest BCUT2D eigenvalue weighted by atomic mass is 10.1. The first-order valence-corrected chi connectivity index (χ1v) is 11.3. The molecule has 1 amide bonds. The van der Waals surface area contributed by atoms with Crippen molar-refractivity contribution < 1.29 is 9.53 Å². The summed E-state index contributed by atoms with van der Waals surface area (Å²) >= 11 is 0. The lowest BCUT2D eigenvalue weighted by Gasteiger charge is -2.29. The number of guanidine groups is 1. The molecule has 1 aliphatic heterocycles. The van der Waals surface area contributed by atoms with Gasteiger partial charge in [0.1, 0.15) is 5.75 Å². The third kappa shape index (κ3) is 6.72. The van der Waals surface area contributed by atoms with E-state index >= 15 is 0 Å². The molecule has 2 aromatic rings. The highest BCUT2D eigenvalue weighted by molar-refractivity contribution is 5.94. The first kappa shape index (κ1) is 23.6. The number of hydrogen-bond acceptors (Lipinski definition) is 4. The van der Waals surface area contributed by atoms with E-state index in [1.165, 1.54) is 18.4 Å². The number of benzene rings is 2. The zero-order valence-corrected chi connectivity index (χ0v) is 19.4. The number of methoxy groups -OCH3 is 1. The summed E-state index contributed by atoms with van der Waals surface area (Å²) < 4.78 is 5.43. The number of carbonyl (C=O) groups excluding carboxylic acids is 1. The van der Waals surface area contributed by atoms with Gasteiger partial charge in [-0.3, -0.25) is 14.7 Å². The van der Waals surface area contributed by atoms with E-state index in [4.69, 9.17) is 4.74 Å². The van der Waals surface area contributed by atoms with Gasteiger partial charge >= 0.3 is 0 Å². The monoisotopic (exact) mass is 437 g/mol. The molecule has 3 N–H and O–H groups in total. The summed E-state index contributed by atoms with van der Waals surface area (Å²) in [6, 6.07) is 16.1. The fourth-order valence-corrected chi connectivity index (χ4v) is 4.02. The molecule has 32 heavy (non-hydrogen) atoms. The van der Waals surface area contributed by atoms with Crippen LogP contribution >= 0.6 is 0 Å². The number of amides is 1. The topological polar surface area (TPSA) is 78.0 Å². The Kier molecular flexibility index (Phi) is 8.92. The lowest BCUT2D eigenvalue weighted by Crippen LogP contribution is -2.44. The number of likely N-dealkylation sites (tertiary alicyclic amines) is 1. The fraction of sp³-hybridized carbons (Fsp3) is 0.440. The van der Waals surface area contributed by atoms with Crippen molar-refractivity contribution in [2.24, 2.45) is 4.99 Å². The highest BCUT2D eigenvalue weighted by Gasteiger charge is 2.24. The van der Waals surface area contributed by atoms with E-state index < -0.39 is 0 Å². The average Bonchev–Trinajstić information content (AvgIpc) is 3.35. The Labute approximate surface area is 191 Å². The van der Waals surface area contributed by atoms with Gasteiger partial charge < -0.3 is 20.7 Å². The predicted molar refractivity (Wildman–Crippen MR) is 129 cm³/mol. The molecule has 0 aromatic heterocycles. The van der Waals surface area contributed by atoms with E-state index in [-0.39, 0.29) is 11.9 Å². The van der Waals surface area contributed by atoms with Crippen molar-refractivity contribution in [1.29, 1.82) is 0 Å². The summed E-state index contributed by atoms with van der Waals surface area (Å²) in [4.78, 5) is 19.1. The van der Waals surface area contributed by atoms with E-state index in [1.807, 2.05) is 43.3 Å². The number of carbonyl (C=O) groups is 1. The molecular weight excluding hydrogens is 402 g/mol. The maximum Gasteiger partial charge on any atom is 0.251 e. The number of aryl methyl sites for hydroxylation is 1. The Hall–Kier alpha value is -3.06. The smallest absolute Gasteiger partial charge is 0.251 e. The number of hydrogen-bond donors (Lipinski definition) is 3. The molecule has 1 heterocycles. The number of aliphatic imine (C=N–C) groups is 1. The van der Waals surface area contributed by atoms with Crippen LogP contribution in [0.15, 0.2) is 53.5 Å². The van der Waals surface area contributed by atoms with Crippen LogP contribution in [0.5, 0.6) is 5.75 Å². The molecule has 7 heteroatoms. The van der Waals surface area contributed by atoms with E-state index in [9.17, 15) is 4.79 Å². The maximum atomic E-state index is 12.3. The molecule has 1 aliphatic rings. The Bertz CT molecular complexity index is 909. The first-order valence-electron chi connectivity index (χ1n) is 11.3. The van der Waals surface area contributed by atoms with Gasteiger partial charge in [-0.1, -0.05) is 29.8 Å². The van der Waals surface area contributed by atoms with Crippen LogP contribution < -0.4 is 20.7 Å². The summed E-state index contributed by atoms with van der Waals surface area (Å²) in [7, 11) is 3.46. The van der Waals surface area contributed by atoms with Crippen LogP contribution in [0.3, 0.4) is 0 Å². The molecule has 0 bridgehead atoms. The maximum absolute atomic E-state index is 12.3. The minimum Gasteiger partial charge on any atom is -0.497 e. The molecule has 1 unspecified atom stereocenters. The minimum absolute atomic E-state index is 0.0643. The van der Waals surface area contributed by atoms with E-state index in [2.05, 4.69) is 38.0 Å². The SMILES string of the molecule is CN=C(NCCNC(=O)c1cccc(C)c1)NCC(c1cccc(OC)c1)N1CCCC1. The van der Waals surface area contributed by atoms with Gasteiger partial charge in [-0.2, -0.15) is 0 Å². The van der Waals surface area contributed by atoms with Crippen molar-refractivity contribution in [3.63, 3.8) is 0 Å². The van der Waals surface area contributed by atoms with Crippen molar-refractivity contribution in [3.8, 4) is 5.75 Å². The second kappa shape index (κ2) is 12.1. The van der Waals surface area contributed by atoms with E-state index in [0.717, 1.165) is 36.9 Å². The van der Waals surface area contributed by atoms with Crippen molar-refractivity contribution >= 4 is 11.9 Å². The summed E-state index contributed by atoms with van der Waals surface area (Å²) in [5.74, 6) is 1.53. The molecule has 0 saturated carbocycles. The van der Waals surface area contributed by atoms with Crippen molar-refractivity contribution in [2.75, 3.05) is 46.9 Å². The second-order valence-electron chi connectivity index (χ2n) is 8.04. The number of ether oxygens (including phenoxy) is 1. The zero-order valence-electron chi connectivity index (χ0n) is 19.4. The number of nitrogens with zero attached hydrogens (tertiary/aromatic N) is 2. The minimum atomic E-state index is -0.0643. The normalized spacial score (nSPS) is 15.3. The summed E-state index contributed by atoms with van der Waals surface area (Å²) in [6.45, 7) is 6.02. The molecule has 1 fully saturated rings. The average molecular weight is 438 g/mol. The van der Waals surface area contributed by atoms with Crippen LogP contribution in [0, 0.1) is 6.92 Å². The molecule has 2 aromatic carbocycles. The Balaban J connectivity index is 1.50. The fourth-order valence-electron chi connectivity index (χ4n) is 4.02. The zero-order chi connectivity index (χ0) is 22.8. The molecule has 3 rings (SSSR count). The van der Waals surface area contributed by atoms with Crippen molar-refractivity contribution in [3.05, 3.63) is 65.2 Å². The molecule has 7 nitrogen and oxygen atoms in total. The predicted octanol–water partition coefficient (Wildman–Crippen LogP) is 2.74. The third-order valence-corrected chi connectivity index (χ3v) is 5.73. The molecular formula is C25H35N5O2. The van der Waals surface area contributed by atoms with Gasteiger partial charge in [-0.05, 0) is 62.7 Å². The highest BCUT2D eigenvalue weighted by atomic mass is 16.5. The quantitative estimate of drug-likeness (QED) is 0.319. The second-order valence-corrected chi connectivity index (χ2v) is 8.04. The number of nitrogens with one attached hydrogen (secondary N) is 3. The Morgan fingerprint density at radius 1 is 1.06 bits per heavy atom. The van der Waals surface area contributed by atoms with Crippen LogP contribution in [0.25, 0.3) is 0 Å². The van der Waals surface area contributed by atoms with Crippen LogP contribution in [0.4, 0.5) is 0 Å². The van der Waals surface area contributed by atoms with Crippen LogP contribution in [-0.2, 0) is 0 Å². The van der Waals surface area contributed by atoms with Gasteiger partial charge in [0.15, 0.2) is 5.96 Å². The summed E-state index contributed by atoms with van der Waals surface area (Å²) in [5.41, 5.74) is 2.99. The lowest BCUT2D eigenvalue weighted by molar-refractivity contribution is 0.0954. The van der Waals surface area contributed by atoms with Gasteiger partial charge in [-0.25, -0.2) is 0 Å². The Morgan fingerprint density at radius 3 is 2.53 bits per heavy atom. The highest BCUT2D eigenvalue weighted by Crippen LogP contribution is 2.27. The first-order chi connectivity index (χ1) is 15.6. The third-order valence-electron chi connectivity index (χ3n) is 5.73. The van der Waals surface area contributed by atoms with Gasteiger partial charge in [0.25, 0.3) is 5.91 Å².